The number of carboxylic acid groups (broad SMARTS) is 1. The smallest absolute Gasteiger partial charge is 0.326 e. The number of aliphatic hydroxyl groups excluding tert-OH is 1. The lowest BCUT2D eigenvalue weighted by atomic mass is 10.2. The SMILES string of the molecule is O=C(O)C1CC(O)CN1C(=O)Nc1ccc(Cl)c(F)c1. The van der Waals surface area contributed by atoms with Gasteiger partial charge in [-0.25, -0.2) is 14.0 Å². The molecule has 2 rings (SSSR count). The molecule has 0 spiro atoms. The second-order valence-electron chi connectivity index (χ2n) is 4.45. The van der Waals surface area contributed by atoms with Crippen LogP contribution < -0.4 is 5.32 Å². The van der Waals surface area contributed by atoms with Gasteiger partial charge in [0.25, 0.3) is 0 Å². The van der Waals surface area contributed by atoms with Crippen LogP contribution in [0, 0.1) is 5.82 Å². The van der Waals surface area contributed by atoms with Gasteiger partial charge in [0.05, 0.1) is 11.1 Å². The van der Waals surface area contributed by atoms with E-state index in [1.165, 1.54) is 12.1 Å². The fourth-order valence-corrected chi connectivity index (χ4v) is 2.16. The molecule has 0 aliphatic carbocycles. The summed E-state index contributed by atoms with van der Waals surface area (Å²) in [5, 5.41) is 20.7. The Hall–Kier alpha value is -1.86. The number of aliphatic carboxylic acids is 1. The van der Waals surface area contributed by atoms with Crippen LogP contribution in [-0.2, 0) is 4.79 Å². The molecule has 3 N–H and O–H groups in total. The van der Waals surface area contributed by atoms with Crippen molar-refractivity contribution in [2.45, 2.75) is 18.6 Å². The van der Waals surface area contributed by atoms with E-state index in [-0.39, 0.29) is 23.7 Å². The van der Waals surface area contributed by atoms with E-state index >= 15 is 0 Å². The van der Waals surface area contributed by atoms with E-state index in [0.29, 0.717) is 0 Å². The summed E-state index contributed by atoms with van der Waals surface area (Å²) >= 11 is 5.52. The van der Waals surface area contributed by atoms with E-state index in [9.17, 15) is 19.1 Å². The Balaban J connectivity index is 2.11. The number of nitrogens with zero attached hydrogens (tertiary/aromatic N) is 1. The maximum atomic E-state index is 13.2. The minimum atomic E-state index is -1.20. The van der Waals surface area contributed by atoms with Crippen LogP contribution in [0.4, 0.5) is 14.9 Å². The van der Waals surface area contributed by atoms with Gasteiger partial charge in [0.15, 0.2) is 0 Å². The van der Waals surface area contributed by atoms with E-state index < -0.39 is 30.0 Å². The van der Waals surface area contributed by atoms with Gasteiger partial charge in [-0.1, -0.05) is 11.6 Å². The number of hydrogen-bond donors (Lipinski definition) is 3. The van der Waals surface area contributed by atoms with E-state index in [2.05, 4.69) is 5.32 Å². The number of carboxylic acids is 1. The number of carbonyl (C=O) groups excluding carboxylic acids is 1. The third-order valence-electron chi connectivity index (χ3n) is 3.00. The highest BCUT2D eigenvalue weighted by molar-refractivity contribution is 6.30. The van der Waals surface area contributed by atoms with E-state index in [1.54, 1.807) is 0 Å². The molecule has 1 aliphatic rings. The fraction of sp³-hybridized carbons (Fsp3) is 0.333. The van der Waals surface area contributed by atoms with Crippen molar-refractivity contribution in [1.82, 2.24) is 4.90 Å². The minimum absolute atomic E-state index is 0.0300. The van der Waals surface area contributed by atoms with E-state index in [1.807, 2.05) is 0 Å². The normalized spacial score (nSPS) is 21.9. The van der Waals surface area contributed by atoms with Crippen LogP contribution in [0.3, 0.4) is 0 Å². The predicted molar refractivity (Wildman–Crippen MR) is 69.2 cm³/mol. The van der Waals surface area contributed by atoms with Gasteiger partial charge < -0.3 is 20.4 Å². The van der Waals surface area contributed by atoms with Gasteiger partial charge in [-0.3, -0.25) is 0 Å². The third kappa shape index (κ3) is 3.00. The molecular weight excluding hydrogens is 291 g/mol. The Morgan fingerprint density at radius 2 is 2.15 bits per heavy atom. The van der Waals surface area contributed by atoms with Crippen molar-refractivity contribution in [3.05, 3.63) is 29.0 Å². The average Bonchev–Trinajstić information content (AvgIpc) is 2.76. The Labute approximate surface area is 118 Å². The largest absolute Gasteiger partial charge is 0.480 e. The van der Waals surface area contributed by atoms with E-state index in [0.717, 1.165) is 11.0 Å². The van der Waals surface area contributed by atoms with Crippen molar-refractivity contribution >= 4 is 29.3 Å². The summed E-state index contributed by atoms with van der Waals surface area (Å²) in [4.78, 5) is 24.0. The van der Waals surface area contributed by atoms with Crippen LogP contribution >= 0.6 is 11.6 Å². The molecule has 0 bridgehead atoms. The molecule has 2 amide bonds. The Morgan fingerprint density at radius 1 is 1.45 bits per heavy atom. The van der Waals surface area contributed by atoms with Crippen molar-refractivity contribution in [2.24, 2.45) is 0 Å². The zero-order valence-corrected chi connectivity index (χ0v) is 11.0. The van der Waals surface area contributed by atoms with Gasteiger partial charge in [0.1, 0.15) is 11.9 Å². The number of urea groups is 1. The van der Waals surface area contributed by atoms with Gasteiger partial charge in [-0.15, -0.1) is 0 Å². The van der Waals surface area contributed by atoms with Gasteiger partial charge in [0.2, 0.25) is 0 Å². The molecule has 6 nitrogen and oxygen atoms in total. The Bertz CT molecular complexity index is 554. The Morgan fingerprint density at radius 3 is 2.75 bits per heavy atom. The molecule has 8 heteroatoms. The lowest BCUT2D eigenvalue weighted by Crippen LogP contribution is -2.43. The summed E-state index contributed by atoms with van der Waals surface area (Å²) in [7, 11) is 0. The lowest BCUT2D eigenvalue weighted by molar-refractivity contribution is -0.141. The number of aliphatic hydroxyl groups is 1. The summed E-state index contributed by atoms with van der Waals surface area (Å²) in [6.07, 6.45) is -0.915. The van der Waals surface area contributed by atoms with Gasteiger partial charge in [0, 0.05) is 18.7 Å². The highest BCUT2D eigenvalue weighted by Crippen LogP contribution is 2.22. The number of carbonyl (C=O) groups is 2. The molecule has 2 unspecified atom stereocenters. The van der Waals surface area contributed by atoms with Crippen LogP contribution in [0.15, 0.2) is 18.2 Å². The van der Waals surface area contributed by atoms with Crippen LogP contribution in [0.1, 0.15) is 6.42 Å². The molecule has 1 aliphatic heterocycles. The van der Waals surface area contributed by atoms with Crippen molar-refractivity contribution < 1.29 is 24.2 Å². The monoisotopic (exact) mass is 302 g/mol. The summed E-state index contributed by atoms with van der Waals surface area (Å²) in [6.45, 7) is -0.0845. The van der Waals surface area contributed by atoms with Crippen LogP contribution in [0.5, 0.6) is 0 Å². The molecule has 108 valence electrons. The van der Waals surface area contributed by atoms with Gasteiger partial charge >= 0.3 is 12.0 Å². The molecular formula is C12H12ClFN2O4. The maximum Gasteiger partial charge on any atom is 0.326 e. The van der Waals surface area contributed by atoms with Crippen molar-refractivity contribution in [3.8, 4) is 0 Å². The standard InChI is InChI=1S/C12H12ClFN2O4/c13-8-2-1-6(3-9(8)14)15-12(20)16-5-7(17)4-10(16)11(18)19/h1-3,7,10,17H,4-5H2,(H,15,20)(H,18,19). The molecule has 1 aromatic carbocycles. The molecule has 0 aromatic heterocycles. The predicted octanol–water partition coefficient (Wildman–Crippen LogP) is 1.53. The number of nitrogens with one attached hydrogen (secondary N) is 1. The summed E-state index contributed by atoms with van der Waals surface area (Å²) in [6, 6.07) is 1.89. The summed E-state index contributed by atoms with van der Waals surface area (Å²) in [5.74, 6) is -1.89. The summed E-state index contributed by atoms with van der Waals surface area (Å²) in [5.41, 5.74) is 0.155. The first-order valence-corrected chi connectivity index (χ1v) is 6.20. The zero-order chi connectivity index (χ0) is 14.9. The molecule has 1 fully saturated rings. The van der Waals surface area contributed by atoms with Gasteiger partial charge in [-0.05, 0) is 18.2 Å². The summed E-state index contributed by atoms with van der Waals surface area (Å²) < 4.78 is 13.2. The first-order chi connectivity index (χ1) is 9.38. The second-order valence-corrected chi connectivity index (χ2v) is 4.86. The number of hydrogen-bond acceptors (Lipinski definition) is 3. The Kier molecular flexibility index (Phi) is 4.10. The highest BCUT2D eigenvalue weighted by atomic mass is 35.5. The fourth-order valence-electron chi connectivity index (χ4n) is 2.04. The topological polar surface area (TPSA) is 89.9 Å². The van der Waals surface area contributed by atoms with Gasteiger partial charge in [-0.2, -0.15) is 0 Å². The van der Waals surface area contributed by atoms with Crippen molar-refractivity contribution in [3.63, 3.8) is 0 Å². The number of β-amino-alcohol motifs (C(OH)–C–C–N with tert-alkyl or cyclic N) is 1. The van der Waals surface area contributed by atoms with Crippen LogP contribution in [-0.4, -0.2) is 45.8 Å². The van der Waals surface area contributed by atoms with Crippen LogP contribution in [0.25, 0.3) is 0 Å². The van der Waals surface area contributed by atoms with Crippen LogP contribution in [0.2, 0.25) is 5.02 Å². The maximum absolute atomic E-state index is 13.2. The molecule has 1 saturated heterocycles. The number of amides is 2. The van der Waals surface area contributed by atoms with Crippen molar-refractivity contribution in [2.75, 3.05) is 11.9 Å². The lowest BCUT2D eigenvalue weighted by Gasteiger charge is -2.21. The second kappa shape index (κ2) is 5.64. The number of anilines is 1. The molecule has 2 atom stereocenters. The first-order valence-electron chi connectivity index (χ1n) is 5.82. The first kappa shape index (κ1) is 14.5. The van der Waals surface area contributed by atoms with E-state index in [4.69, 9.17) is 16.7 Å². The number of benzene rings is 1. The average molecular weight is 303 g/mol. The zero-order valence-electron chi connectivity index (χ0n) is 10.2. The molecule has 1 aromatic rings. The molecule has 20 heavy (non-hydrogen) atoms. The molecule has 0 radical (unpaired) electrons. The molecule has 1 heterocycles. The number of halogens is 2. The number of rotatable bonds is 2. The number of likely N-dealkylation sites (tertiary alicyclic amines) is 1. The quantitative estimate of drug-likeness (QED) is 0.773. The molecule has 0 saturated carbocycles. The van der Waals surface area contributed by atoms with Crippen molar-refractivity contribution in [1.29, 1.82) is 0 Å². The highest BCUT2D eigenvalue weighted by Gasteiger charge is 2.39. The minimum Gasteiger partial charge on any atom is -0.480 e. The third-order valence-corrected chi connectivity index (χ3v) is 3.30.